The van der Waals surface area contributed by atoms with Crippen LogP contribution in [0.3, 0.4) is 0 Å². The molecule has 0 bridgehead atoms. The van der Waals surface area contributed by atoms with Crippen LogP contribution in [-0.2, 0) is 10.3 Å². The highest BCUT2D eigenvalue weighted by Gasteiger charge is 2.35. The van der Waals surface area contributed by atoms with E-state index in [2.05, 4.69) is 5.32 Å². The molecule has 0 saturated heterocycles. The Morgan fingerprint density at radius 1 is 1.56 bits per heavy atom. The van der Waals surface area contributed by atoms with Crippen molar-refractivity contribution in [3.8, 4) is 6.07 Å². The molecule has 0 aliphatic rings. The molecule has 1 aromatic rings. The van der Waals surface area contributed by atoms with Crippen molar-refractivity contribution in [3.05, 3.63) is 35.4 Å². The first-order chi connectivity index (χ1) is 7.56. The van der Waals surface area contributed by atoms with Gasteiger partial charge in [0.25, 0.3) is 0 Å². The molecular weight excluding hydrogens is 204 g/mol. The number of benzene rings is 1. The van der Waals surface area contributed by atoms with Crippen LogP contribution < -0.4 is 5.32 Å². The minimum absolute atomic E-state index is 0.383. The first-order valence-electron chi connectivity index (χ1n) is 5.04. The van der Waals surface area contributed by atoms with E-state index in [1.54, 1.807) is 31.2 Å². The summed E-state index contributed by atoms with van der Waals surface area (Å²) in [4.78, 5) is 11.3. The van der Waals surface area contributed by atoms with Crippen molar-refractivity contribution in [2.75, 3.05) is 6.54 Å². The molecule has 0 amide bonds. The summed E-state index contributed by atoms with van der Waals surface area (Å²) in [6, 6.07) is 8.74. The van der Waals surface area contributed by atoms with E-state index >= 15 is 0 Å². The van der Waals surface area contributed by atoms with Crippen LogP contribution in [0.5, 0.6) is 0 Å². The van der Waals surface area contributed by atoms with Crippen molar-refractivity contribution in [1.29, 1.82) is 5.26 Å². The lowest BCUT2D eigenvalue weighted by atomic mass is 9.88. The van der Waals surface area contributed by atoms with E-state index < -0.39 is 11.5 Å². The maximum Gasteiger partial charge on any atom is 0.328 e. The zero-order valence-corrected chi connectivity index (χ0v) is 9.32. The first-order valence-corrected chi connectivity index (χ1v) is 5.04. The monoisotopic (exact) mass is 218 g/mol. The predicted octanol–water partition coefficient (Wildman–Crippen LogP) is 1.47. The number of nitriles is 1. The molecule has 16 heavy (non-hydrogen) atoms. The Kier molecular flexibility index (Phi) is 3.64. The second-order valence-electron chi connectivity index (χ2n) is 3.62. The molecule has 1 aromatic carbocycles. The highest BCUT2D eigenvalue weighted by molar-refractivity contribution is 5.81. The van der Waals surface area contributed by atoms with Gasteiger partial charge in [0.05, 0.1) is 11.6 Å². The molecule has 0 unspecified atom stereocenters. The van der Waals surface area contributed by atoms with Crippen LogP contribution in [0.15, 0.2) is 24.3 Å². The molecule has 0 aromatic heterocycles. The minimum atomic E-state index is -1.22. The maximum atomic E-state index is 11.3. The van der Waals surface area contributed by atoms with Crippen LogP contribution in [0.2, 0.25) is 0 Å². The average Bonchev–Trinajstić information content (AvgIpc) is 2.29. The van der Waals surface area contributed by atoms with Crippen LogP contribution in [0, 0.1) is 11.3 Å². The molecular formula is C12H14N2O2. The van der Waals surface area contributed by atoms with Crippen molar-refractivity contribution in [2.24, 2.45) is 0 Å². The Morgan fingerprint density at radius 3 is 2.69 bits per heavy atom. The maximum absolute atomic E-state index is 11.3. The zero-order valence-electron chi connectivity index (χ0n) is 9.32. The second-order valence-corrected chi connectivity index (χ2v) is 3.62. The Morgan fingerprint density at radius 2 is 2.19 bits per heavy atom. The van der Waals surface area contributed by atoms with Crippen molar-refractivity contribution in [3.63, 3.8) is 0 Å². The van der Waals surface area contributed by atoms with E-state index in [9.17, 15) is 9.90 Å². The quantitative estimate of drug-likeness (QED) is 0.802. The van der Waals surface area contributed by atoms with Gasteiger partial charge < -0.3 is 5.11 Å². The smallest absolute Gasteiger partial charge is 0.328 e. The van der Waals surface area contributed by atoms with Crippen LogP contribution in [0.4, 0.5) is 0 Å². The van der Waals surface area contributed by atoms with Crippen molar-refractivity contribution >= 4 is 5.97 Å². The lowest BCUT2D eigenvalue weighted by molar-refractivity contribution is -0.144. The molecule has 1 atom stereocenters. The summed E-state index contributed by atoms with van der Waals surface area (Å²) in [5.74, 6) is -0.989. The van der Waals surface area contributed by atoms with Crippen LogP contribution in [0.25, 0.3) is 0 Å². The number of rotatable bonds is 4. The van der Waals surface area contributed by atoms with Gasteiger partial charge in [0.2, 0.25) is 0 Å². The number of nitrogens with zero attached hydrogens (tertiary/aromatic N) is 1. The van der Waals surface area contributed by atoms with Crippen LogP contribution >= 0.6 is 0 Å². The number of hydrogen-bond acceptors (Lipinski definition) is 3. The lowest BCUT2D eigenvalue weighted by Crippen LogP contribution is -2.47. The van der Waals surface area contributed by atoms with Gasteiger partial charge >= 0.3 is 5.97 Å². The van der Waals surface area contributed by atoms with E-state index in [1.807, 2.05) is 13.0 Å². The number of aliphatic carboxylic acids is 1. The van der Waals surface area contributed by atoms with Gasteiger partial charge in [-0.1, -0.05) is 25.1 Å². The van der Waals surface area contributed by atoms with Crippen LogP contribution in [-0.4, -0.2) is 17.6 Å². The molecule has 0 aliphatic heterocycles. The van der Waals surface area contributed by atoms with E-state index in [0.717, 1.165) is 0 Å². The fourth-order valence-corrected chi connectivity index (χ4v) is 1.66. The van der Waals surface area contributed by atoms with Gasteiger partial charge in [-0.05, 0) is 19.5 Å². The van der Waals surface area contributed by atoms with Gasteiger partial charge in [-0.15, -0.1) is 0 Å². The fraction of sp³-hybridized carbons (Fsp3) is 0.333. The number of carboxylic acids is 1. The SMILES string of the molecule is CCN[C@@](C)(C(=O)O)c1ccccc1C#N. The molecule has 0 saturated carbocycles. The second kappa shape index (κ2) is 4.77. The van der Waals surface area contributed by atoms with Gasteiger partial charge in [0, 0.05) is 5.56 Å². The third-order valence-corrected chi connectivity index (χ3v) is 2.54. The summed E-state index contributed by atoms with van der Waals surface area (Å²) < 4.78 is 0. The summed E-state index contributed by atoms with van der Waals surface area (Å²) in [5, 5.41) is 21.1. The standard InChI is InChI=1S/C12H14N2O2/c1-3-14-12(2,11(15)16)10-7-5-4-6-9(10)8-13/h4-7,14H,3H2,1-2H3,(H,15,16)/t12-/m1/s1. The molecule has 2 N–H and O–H groups in total. The Hall–Kier alpha value is -1.86. The average molecular weight is 218 g/mol. The summed E-state index contributed by atoms with van der Waals surface area (Å²) in [5.41, 5.74) is -0.346. The summed E-state index contributed by atoms with van der Waals surface area (Å²) in [6.07, 6.45) is 0. The van der Waals surface area contributed by atoms with Gasteiger partial charge in [-0.2, -0.15) is 5.26 Å². The number of likely N-dealkylation sites (N-methyl/N-ethyl adjacent to an activating group) is 1. The Bertz CT molecular complexity index is 437. The fourth-order valence-electron chi connectivity index (χ4n) is 1.66. The molecule has 4 nitrogen and oxygen atoms in total. The number of hydrogen-bond donors (Lipinski definition) is 2. The number of nitrogens with one attached hydrogen (secondary N) is 1. The molecule has 4 heteroatoms. The number of carboxylic acid groups (broad SMARTS) is 1. The first kappa shape index (κ1) is 12.2. The Balaban J connectivity index is 3.32. The van der Waals surface area contributed by atoms with Gasteiger partial charge in [0.15, 0.2) is 0 Å². The third kappa shape index (κ3) is 2.05. The highest BCUT2D eigenvalue weighted by Crippen LogP contribution is 2.24. The van der Waals surface area contributed by atoms with E-state index in [4.69, 9.17) is 5.26 Å². The summed E-state index contributed by atoms with van der Waals surface area (Å²) in [6.45, 7) is 3.91. The molecule has 0 fully saturated rings. The van der Waals surface area contributed by atoms with E-state index in [-0.39, 0.29) is 0 Å². The van der Waals surface area contributed by atoms with Gasteiger partial charge in [-0.3, -0.25) is 5.32 Å². The summed E-state index contributed by atoms with van der Waals surface area (Å²) in [7, 11) is 0. The molecule has 0 heterocycles. The zero-order chi connectivity index (χ0) is 12.2. The summed E-state index contributed by atoms with van der Waals surface area (Å²) >= 11 is 0. The topological polar surface area (TPSA) is 73.1 Å². The third-order valence-electron chi connectivity index (χ3n) is 2.54. The molecule has 0 aliphatic carbocycles. The molecule has 1 rings (SSSR count). The minimum Gasteiger partial charge on any atom is -0.480 e. The molecule has 0 radical (unpaired) electrons. The van der Waals surface area contributed by atoms with Gasteiger partial charge in [0.1, 0.15) is 5.54 Å². The van der Waals surface area contributed by atoms with E-state index in [1.165, 1.54) is 0 Å². The predicted molar refractivity (Wildman–Crippen MR) is 59.8 cm³/mol. The van der Waals surface area contributed by atoms with Gasteiger partial charge in [-0.25, -0.2) is 4.79 Å². The van der Waals surface area contributed by atoms with Crippen molar-refractivity contribution in [2.45, 2.75) is 19.4 Å². The lowest BCUT2D eigenvalue weighted by Gasteiger charge is -2.27. The van der Waals surface area contributed by atoms with E-state index in [0.29, 0.717) is 17.7 Å². The Labute approximate surface area is 94.5 Å². The van der Waals surface area contributed by atoms with Crippen molar-refractivity contribution in [1.82, 2.24) is 5.32 Å². The van der Waals surface area contributed by atoms with Crippen LogP contribution in [0.1, 0.15) is 25.0 Å². The largest absolute Gasteiger partial charge is 0.480 e. The number of carbonyl (C=O) groups is 1. The molecule has 0 spiro atoms. The molecule has 84 valence electrons. The van der Waals surface area contributed by atoms with Crippen molar-refractivity contribution < 1.29 is 9.90 Å². The normalized spacial score (nSPS) is 13.8. The highest BCUT2D eigenvalue weighted by atomic mass is 16.4.